The van der Waals surface area contributed by atoms with Crippen molar-refractivity contribution in [2.45, 2.75) is 24.8 Å². The van der Waals surface area contributed by atoms with Crippen molar-refractivity contribution in [1.82, 2.24) is 18.9 Å². The molecule has 8 heteroatoms. The van der Waals surface area contributed by atoms with Crippen molar-refractivity contribution in [1.29, 1.82) is 0 Å². The summed E-state index contributed by atoms with van der Waals surface area (Å²) in [5.41, 5.74) is 6.30. The Labute approximate surface area is 102 Å². The molecule has 1 aliphatic rings. The van der Waals surface area contributed by atoms with Gasteiger partial charge in [0.25, 0.3) is 5.89 Å². The fourth-order valence-corrected chi connectivity index (χ4v) is 1.98. The highest BCUT2D eigenvalue weighted by atomic mass is 35.5. The van der Waals surface area contributed by atoms with E-state index in [0.717, 1.165) is 31.0 Å². The molecular weight excluding hydrogens is 250 g/mol. The van der Waals surface area contributed by atoms with Crippen molar-refractivity contribution < 1.29 is 4.52 Å². The molecular formula is C8H10ClN5OS. The molecule has 2 heterocycles. The largest absolute Gasteiger partial charge is 0.332 e. The van der Waals surface area contributed by atoms with Crippen LogP contribution in [-0.4, -0.2) is 18.9 Å². The fraction of sp³-hybridized carbons (Fsp3) is 0.500. The molecule has 2 aromatic heterocycles. The quantitative estimate of drug-likeness (QED) is 0.875. The van der Waals surface area contributed by atoms with Gasteiger partial charge in [-0.1, -0.05) is 5.16 Å². The van der Waals surface area contributed by atoms with Crippen LogP contribution in [0.5, 0.6) is 0 Å². The average molecular weight is 260 g/mol. The minimum atomic E-state index is -0.384. The standard InChI is InChI=1S/C8H9N5OS.ClH/c9-8(2-1-3-8)7-11-6(14-12-7)5-4-10-15-13-5;/h4H,1-3,9H2;1H. The number of hydrogen-bond acceptors (Lipinski definition) is 7. The lowest BCUT2D eigenvalue weighted by molar-refractivity contribution is 0.229. The van der Waals surface area contributed by atoms with Crippen LogP contribution in [0.1, 0.15) is 25.1 Å². The van der Waals surface area contributed by atoms with Gasteiger partial charge in [0, 0.05) is 0 Å². The normalized spacial score (nSPS) is 17.6. The first kappa shape index (κ1) is 11.4. The third kappa shape index (κ3) is 1.70. The Hall–Kier alpha value is -1.05. The van der Waals surface area contributed by atoms with E-state index in [1.54, 1.807) is 6.20 Å². The summed E-state index contributed by atoms with van der Waals surface area (Å²) in [6.07, 6.45) is 4.56. The highest BCUT2D eigenvalue weighted by molar-refractivity contribution is 6.99. The van der Waals surface area contributed by atoms with E-state index in [0.29, 0.717) is 17.4 Å². The smallest absolute Gasteiger partial charge is 0.279 e. The summed E-state index contributed by atoms with van der Waals surface area (Å²) in [4.78, 5) is 4.25. The second kappa shape index (κ2) is 4.08. The topological polar surface area (TPSA) is 90.7 Å². The van der Waals surface area contributed by atoms with Crippen molar-refractivity contribution in [3.63, 3.8) is 0 Å². The predicted molar refractivity (Wildman–Crippen MR) is 60.2 cm³/mol. The fourth-order valence-electron chi connectivity index (χ4n) is 1.57. The minimum Gasteiger partial charge on any atom is -0.332 e. The van der Waals surface area contributed by atoms with Crippen LogP contribution >= 0.6 is 24.1 Å². The molecule has 6 nitrogen and oxygen atoms in total. The maximum atomic E-state index is 6.07. The van der Waals surface area contributed by atoms with E-state index in [4.69, 9.17) is 10.3 Å². The van der Waals surface area contributed by atoms with Crippen molar-refractivity contribution in [3.05, 3.63) is 12.0 Å². The monoisotopic (exact) mass is 259 g/mol. The summed E-state index contributed by atoms with van der Waals surface area (Å²) in [7, 11) is 0. The summed E-state index contributed by atoms with van der Waals surface area (Å²) < 4.78 is 13.0. The van der Waals surface area contributed by atoms with Crippen LogP contribution in [0.15, 0.2) is 10.7 Å². The SMILES string of the molecule is Cl.NC1(c2noc(-c3cnsn3)n2)CCC1. The number of halogens is 1. The summed E-state index contributed by atoms with van der Waals surface area (Å²) >= 11 is 1.11. The minimum absolute atomic E-state index is 0. The zero-order valence-corrected chi connectivity index (χ0v) is 9.92. The molecule has 86 valence electrons. The van der Waals surface area contributed by atoms with Gasteiger partial charge in [-0.25, -0.2) is 0 Å². The zero-order valence-electron chi connectivity index (χ0n) is 8.29. The number of aromatic nitrogens is 4. The van der Waals surface area contributed by atoms with Gasteiger partial charge in [-0.3, -0.25) is 0 Å². The molecule has 2 aromatic rings. The third-order valence-electron chi connectivity index (χ3n) is 2.70. The highest BCUT2D eigenvalue weighted by Gasteiger charge is 2.39. The molecule has 0 aliphatic heterocycles. The molecule has 3 rings (SSSR count). The van der Waals surface area contributed by atoms with Crippen molar-refractivity contribution in [3.8, 4) is 11.6 Å². The highest BCUT2D eigenvalue weighted by Crippen LogP contribution is 2.37. The van der Waals surface area contributed by atoms with E-state index in [2.05, 4.69) is 18.9 Å². The average Bonchev–Trinajstić information content (AvgIpc) is 2.84. The van der Waals surface area contributed by atoms with Gasteiger partial charge in [-0.05, 0) is 19.3 Å². The molecule has 0 atom stereocenters. The molecule has 0 aromatic carbocycles. The number of rotatable bonds is 2. The summed E-state index contributed by atoms with van der Waals surface area (Å²) in [6.45, 7) is 0. The molecule has 0 amide bonds. The maximum absolute atomic E-state index is 6.07. The van der Waals surface area contributed by atoms with Crippen LogP contribution in [-0.2, 0) is 5.54 Å². The Kier molecular flexibility index (Phi) is 2.92. The predicted octanol–water partition coefficient (Wildman–Crippen LogP) is 1.35. The molecule has 0 radical (unpaired) electrons. The summed E-state index contributed by atoms with van der Waals surface area (Å²) in [6, 6.07) is 0. The summed E-state index contributed by atoms with van der Waals surface area (Å²) in [5, 5.41) is 3.89. The van der Waals surface area contributed by atoms with Crippen LogP contribution in [0.25, 0.3) is 11.6 Å². The van der Waals surface area contributed by atoms with Crippen LogP contribution < -0.4 is 5.73 Å². The van der Waals surface area contributed by atoms with Gasteiger partial charge in [0.15, 0.2) is 11.5 Å². The number of nitrogens with zero attached hydrogens (tertiary/aromatic N) is 4. The number of hydrogen-bond donors (Lipinski definition) is 1. The second-order valence-electron chi connectivity index (χ2n) is 3.73. The molecule has 2 N–H and O–H groups in total. The Morgan fingerprint density at radius 3 is 2.81 bits per heavy atom. The van der Waals surface area contributed by atoms with Gasteiger partial charge in [0.1, 0.15) is 0 Å². The van der Waals surface area contributed by atoms with Crippen LogP contribution in [0.2, 0.25) is 0 Å². The van der Waals surface area contributed by atoms with Gasteiger partial charge in [0.05, 0.1) is 23.5 Å². The van der Waals surface area contributed by atoms with Crippen LogP contribution in [0.4, 0.5) is 0 Å². The Morgan fingerprint density at radius 1 is 1.44 bits per heavy atom. The van der Waals surface area contributed by atoms with E-state index in [-0.39, 0.29) is 17.9 Å². The van der Waals surface area contributed by atoms with E-state index in [1.807, 2.05) is 0 Å². The van der Waals surface area contributed by atoms with E-state index in [9.17, 15) is 0 Å². The van der Waals surface area contributed by atoms with Gasteiger partial charge < -0.3 is 10.3 Å². The lowest BCUT2D eigenvalue weighted by Crippen LogP contribution is -2.44. The first-order valence-electron chi connectivity index (χ1n) is 4.69. The molecule has 1 fully saturated rings. The molecule has 0 bridgehead atoms. The van der Waals surface area contributed by atoms with Crippen LogP contribution in [0, 0.1) is 0 Å². The number of nitrogens with two attached hydrogens (primary N) is 1. The Bertz CT molecular complexity index is 466. The zero-order chi connectivity index (χ0) is 10.3. The van der Waals surface area contributed by atoms with E-state index >= 15 is 0 Å². The lowest BCUT2D eigenvalue weighted by atomic mass is 9.77. The van der Waals surface area contributed by atoms with Crippen molar-refractivity contribution in [2.24, 2.45) is 5.73 Å². The van der Waals surface area contributed by atoms with E-state index < -0.39 is 0 Å². The van der Waals surface area contributed by atoms with Gasteiger partial charge in [-0.2, -0.15) is 13.7 Å². The van der Waals surface area contributed by atoms with Crippen LogP contribution in [0.3, 0.4) is 0 Å². The first-order valence-corrected chi connectivity index (χ1v) is 5.42. The Morgan fingerprint density at radius 2 is 2.25 bits per heavy atom. The molecule has 16 heavy (non-hydrogen) atoms. The third-order valence-corrected chi connectivity index (χ3v) is 3.18. The van der Waals surface area contributed by atoms with Gasteiger partial charge in [-0.15, -0.1) is 12.4 Å². The molecule has 0 saturated heterocycles. The Balaban J connectivity index is 0.000000963. The van der Waals surface area contributed by atoms with Crippen molar-refractivity contribution in [2.75, 3.05) is 0 Å². The molecule has 0 unspecified atom stereocenters. The maximum Gasteiger partial charge on any atom is 0.279 e. The molecule has 0 spiro atoms. The molecule has 1 aliphatic carbocycles. The van der Waals surface area contributed by atoms with Gasteiger partial charge in [0.2, 0.25) is 0 Å². The van der Waals surface area contributed by atoms with E-state index in [1.165, 1.54) is 0 Å². The first-order chi connectivity index (χ1) is 7.28. The molecule has 1 saturated carbocycles. The lowest BCUT2D eigenvalue weighted by Gasteiger charge is -2.34. The second-order valence-corrected chi connectivity index (χ2v) is 4.28. The van der Waals surface area contributed by atoms with Crippen molar-refractivity contribution >= 4 is 24.1 Å². The van der Waals surface area contributed by atoms with Gasteiger partial charge >= 0.3 is 0 Å². The summed E-state index contributed by atoms with van der Waals surface area (Å²) in [5.74, 6) is 0.979.